The van der Waals surface area contributed by atoms with E-state index < -0.39 is 17.7 Å². The Labute approximate surface area is 223 Å². The van der Waals surface area contributed by atoms with Crippen molar-refractivity contribution in [3.63, 3.8) is 0 Å². The Morgan fingerprint density at radius 2 is 1.68 bits per heavy atom. The second-order valence-corrected chi connectivity index (χ2v) is 9.60. The molecule has 2 heterocycles. The lowest BCUT2D eigenvalue weighted by Crippen LogP contribution is -2.39. The molecule has 1 N–H and O–H groups in total. The van der Waals surface area contributed by atoms with Crippen molar-refractivity contribution in [1.29, 1.82) is 0 Å². The molecule has 0 spiro atoms. The lowest BCUT2D eigenvalue weighted by Gasteiger charge is -2.29. The molecule has 2 saturated heterocycles. The van der Waals surface area contributed by atoms with Crippen LogP contribution in [-0.4, -0.2) is 86.3 Å². The Bertz CT molecular complexity index is 1170. The lowest BCUT2D eigenvalue weighted by atomic mass is 9.94. The van der Waals surface area contributed by atoms with E-state index in [1.807, 2.05) is 13.8 Å². The highest BCUT2D eigenvalue weighted by Crippen LogP contribution is 2.44. The monoisotopic (exact) mass is 524 g/mol. The topological polar surface area (TPSA) is 97.8 Å². The predicted molar refractivity (Wildman–Crippen MR) is 143 cm³/mol. The SMILES string of the molecule is COc1ccc(OC)c([C@H]2/C(=C(\O)c3ccc(OC(C)C)cc3)C(=O)C(=O)N2CCCN2CCOCC2)c1. The zero-order chi connectivity index (χ0) is 27.2. The van der Waals surface area contributed by atoms with Gasteiger partial charge in [-0.15, -0.1) is 0 Å². The molecular formula is C29H36N2O7. The maximum Gasteiger partial charge on any atom is 0.295 e. The number of hydrogen-bond donors (Lipinski definition) is 1. The quantitative estimate of drug-likeness (QED) is 0.286. The van der Waals surface area contributed by atoms with E-state index in [0.29, 0.717) is 54.6 Å². The fourth-order valence-corrected chi connectivity index (χ4v) is 4.90. The molecule has 0 aliphatic carbocycles. The largest absolute Gasteiger partial charge is 0.507 e. The van der Waals surface area contributed by atoms with Crippen LogP contribution in [0.3, 0.4) is 0 Å². The van der Waals surface area contributed by atoms with Crippen molar-refractivity contribution in [3.05, 3.63) is 59.2 Å². The summed E-state index contributed by atoms with van der Waals surface area (Å²) in [6.07, 6.45) is 0.662. The molecule has 0 aromatic heterocycles. The number of aliphatic hydroxyl groups excluding tert-OH is 1. The third kappa shape index (κ3) is 5.95. The van der Waals surface area contributed by atoms with Gasteiger partial charge in [-0.25, -0.2) is 0 Å². The maximum absolute atomic E-state index is 13.4. The summed E-state index contributed by atoms with van der Waals surface area (Å²) in [5.74, 6) is 0.0582. The molecular weight excluding hydrogens is 488 g/mol. The van der Waals surface area contributed by atoms with Gasteiger partial charge in [0.15, 0.2) is 0 Å². The highest BCUT2D eigenvalue weighted by molar-refractivity contribution is 6.46. The van der Waals surface area contributed by atoms with E-state index >= 15 is 0 Å². The van der Waals surface area contributed by atoms with Gasteiger partial charge in [0.1, 0.15) is 23.0 Å². The van der Waals surface area contributed by atoms with Gasteiger partial charge in [-0.3, -0.25) is 14.5 Å². The number of amides is 1. The highest BCUT2D eigenvalue weighted by atomic mass is 16.5. The third-order valence-corrected chi connectivity index (χ3v) is 6.75. The van der Waals surface area contributed by atoms with E-state index in [9.17, 15) is 14.7 Å². The van der Waals surface area contributed by atoms with E-state index in [1.54, 1.807) is 49.6 Å². The zero-order valence-electron chi connectivity index (χ0n) is 22.4. The normalized spacial score (nSPS) is 19.7. The first-order chi connectivity index (χ1) is 18.3. The van der Waals surface area contributed by atoms with Crippen molar-refractivity contribution < 1.29 is 33.6 Å². The number of ketones is 1. The number of hydrogen-bond acceptors (Lipinski definition) is 8. The number of nitrogens with zero attached hydrogens (tertiary/aromatic N) is 2. The van der Waals surface area contributed by atoms with Gasteiger partial charge in [0.2, 0.25) is 0 Å². The third-order valence-electron chi connectivity index (χ3n) is 6.75. The molecule has 2 aliphatic rings. The van der Waals surface area contributed by atoms with Crippen molar-refractivity contribution in [1.82, 2.24) is 9.80 Å². The number of morpholine rings is 1. The summed E-state index contributed by atoms with van der Waals surface area (Å²) in [4.78, 5) is 30.6. The number of carbonyl (C=O) groups excluding carboxylic acids is 2. The van der Waals surface area contributed by atoms with E-state index in [0.717, 1.165) is 19.6 Å². The molecule has 38 heavy (non-hydrogen) atoms. The van der Waals surface area contributed by atoms with Crippen molar-refractivity contribution in [3.8, 4) is 17.2 Å². The number of likely N-dealkylation sites (tertiary alicyclic amines) is 1. The van der Waals surface area contributed by atoms with Crippen LogP contribution in [0.4, 0.5) is 0 Å². The fraction of sp³-hybridized carbons (Fsp3) is 0.448. The Morgan fingerprint density at radius 1 is 1.00 bits per heavy atom. The van der Waals surface area contributed by atoms with Crippen LogP contribution in [-0.2, 0) is 14.3 Å². The second-order valence-electron chi connectivity index (χ2n) is 9.60. The molecule has 2 fully saturated rings. The van der Waals surface area contributed by atoms with Crippen LogP contribution < -0.4 is 14.2 Å². The highest BCUT2D eigenvalue weighted by Gasteiger charge is 2.47. The summed E-state index contributed by atoms with van der Waals surface area (Å²) in [6, 6.07) is 11.2. The van der Waals surface area contributed by atoms with Gasteiger partial charge in [0.25, 0.3) is 11.7 Å². The van der Waals surface area contributed by atoms with Crippen LogP contribution >= 0.6 is 0 Å². The average molecular weight is 525 g/mol. The molecule has 1 atom stereocenters. The van der Waals surface area contributed by atoms with E-state index in [-0.39, 0.29) is 17.4 Å². The summed E-state index contributed by atoms with van der Waals surface area (Å²) < 4.78 is 22.2. The molecule has 0 bridgehead atoms. The molecule has 9 nitrogen and oxygen atoms in total. The van der Waals surface area contributed by atoms with Crippen molar-refractivity contribution in [2.75, 3.05) is 53.6 Å². The molecule has 0 unspecified atom stereocenters. The van der Waals surface area contributed by atoms with Crippen molar-refractivity contribution in [2.24, 2.45) is 0 Å². The first-order valence-corrected chi connectivity index (χ1v) is 12.9. The Morgan fingerprint density at radius 3 is 2.32 bits per heavy atom. The molecule has 2 aromatic rings. The summed E-state index contributed by atoms with van der Waals surface area (Å²) in [7, 11) is 3.08. The van der Waals surface area contributed by atoms with Gasteiger partial charge in [-0.2, -0.15) is 0 Å². The Balaban J connectivity index is 1.73. The zero-order valence-corrected chi connectivity index (χ0v) is 22.4. The summed E-state index contributed by atoms with van der Waals surface area (Å²) in [5, 5.41) is 11.4. The predicted octanol–water partition coefficient (Wildman–Crippen LogP) is 3.64. The molecule has 1 amide bonds. The van der Waals surface area contributed by atoms with Gasteiger partial charge in [-0.1, -0.05) is 0 Å². The number of benzene rings is 2. The average Bonchev–Trinajstić information content (AvgIpc) is 3.18. The van der Waals surface area contributed by atoms with E-state index in [1.165, 1.54) is 12.0 Å². The Kier molecular flexibility index (Phi) is 8.91. The van der Waals surface area contributed by atoms with Crippen LogP contribution in [0.5, 0.6) is 17.2 Å². The number of ether oxygens (including phenoxy) is 4. The summed E-state index contributed by atoms with van der Waals surface area (Å²) in [5.41, 5.74) is 1.00. The number of rotatable bonds is 10. The van der Waals surface area contributed by atoms with Crippen LogP contribution in [0.1, 0.15) is 37.4 Å². The number of carbonyl (C=O) groups is 2. The van der Waals surface area contributed by atoms with Crippen molar-refractivity contribution in [2.45, 2.75) is 32.4 Å². The minimum absolute atomic E-state index is 0.00207. The smallest absolute Gasteiger partial charge is 0.295 e. The Hall–Kier alpha value is -3.56. The lowest BCUT2D eigenvalue weighted by molar-refractivity contribution is -0.140. The molecule has 0 radical (unpaired) electrons. The number of Topliss-reactive ketones (excluding diaryl/α,β-unsaturated/α-hetero) is 1. The van der Waals surface area contributed by atoms with E-state index in [2.05, 4.69) is 4.90 Å². The van der Waals surface area contributed by atoms with Crippen LogP contribution in [0.25, 0.3) is 5.76 Å². The van der Waals surface area contributed by atoms with Crippen LogP contribution in [0.2, 0.25) is 0 Å². The van der Waals surface area contributed by atoms with Gasteiger partial charge < -0.3 is 29.0 Å². The van der Waals surface area contributed by atoms with Crippen molar-refractivity contribution >= 4 is 17.4 Å². The molecule has 9 heteroatoms. The minimum atomic E-state index is -0.837. The molecule has 0 saturated carbocycles. The summed E-state index contributed by atoms with van der Waals surface area (Å²) in [6.45, 7) is 8.01. The number of aliphatic hydroxyl groups is 1. The van der Waals surface area contributed by atoms with Gasteiger partial charge >= 0.3 is 0 Å². The van der Waals surface area contributed by atoms with E-state index in [4.69, 9.17) is 18.9 Å². The molecule has 204 valence electrons. The summed E-state index contributed by atoms with van der Waals surface area (Å²) >= 11 is 0. The van der Waals surface area contributed by atoms with Gasteiger partial charge in [0.05, 0.1) is 45.2 Å². The van der Waals surface area contributed by atoms with Gasteiger partial charge in [0, 0.05) is 37.3 Å². The molecule has 2 aromatic carbocycles. The first-order valence-electron chi connectivity index (χ1n) is 12.9. The maximum atomic E-state index is 13.4. The van der Waals surface area contributed by atoms with Crippen LogP contribution in [0, 0.1) is 0 Å². The standard InChI is InChI=1S/C29H36N2O7/c1-19(2)38-21-8-6-20(7-9-21)27(32)25-26(23-18-22(35-3)10-11-24(23)36-4)31(29(34)28(25)33)13-5-12-30-14-16-37-17-15-30/h6-11,18-19,26,32H,5,12-17H2,1-4H3/b27-25+/t26-/m0/s1. The minimum Gasteiger partial charge on any atom is -0.507 e. The second kappa shape index (κ2) is 12.3. The van der Waals surface area contributed by atoms with Crippen LogP contribution in [0.15, 0.2) is 48.0 Å². The first kappa shape index (κ1) is 27.5. The fourth-order valence-electron chi connectivity index (χ4n) is 4.90. The molecule has 2 aliphatic heterocycles. The number of methoxy groups -OCH3 is 2. The van der Waals surface area contributed by atoms with Gasteiger partial charge in [-0.05, 0) is 62.7 Å². The molecule has 4 rings (SSSR count).